The second kappa shape index (κ2) is 14.5. The summed E-state index contributed by atoms with van der Waals surface area (Å²) in [6.45, 7) is 3.52. The molecule has 1 aromatic carbocycles. The summed E-state index contributed by atoms with van der Waals surface area (Å²) < 4.78 is 0. The van der Waals surface area contributed by atoms with E-state index in [1.807, 2.05) is 0 Å². The number of unbranched alkanes of at least 4 members (excludes halogenated alkanes) is 1. The Labute approximate surface area is 162 Å². The lowest BCUT2D eigenvalue weighted by Crippen LogP contribution is -2.41. The highest BCUT2D eigenvalue weighted by atomic mass is 16.4. The van der Waals surface area contributed by atoms with E-state index in [1.165, 1.54) is 44.5 Å². The van der Waals surface area contributed by atoms with Crippen LogP contribution in [0.5, 0.6) is 0 Å². The van der Waals surface area contributed by atoms with Crippen LogP contribution in [0.3, 0.4) is 0 Å². The minimum Gasteiger partial charge on any atom is -0.427 e. The van der Waals surface area contributed by atoms with Crippen molar-refractivity contribution in [2.24, 2.45) is 11.7 Å². The molecule has 0 radical (unpaired) electrons. The van der Waals surface area contributed by atoms with Crippen molar-refractivity contribution in [3.8, 4) is 0 Å². The largest absolute Gasteiger partial charge is 0.451 e. The molecule has 2 rings (SSSR count). The molecule has 6 nitrogen and oxygen atoms in total. The summed E-state index contributed by atoms with van der Waals surface area (Å²) in [5.74, 6) is 0.634. The number of carbonyl (C=O) groups excluding carboxylic acids is 2. The highest BCUT2D eigenvalue weighted by molar-refractivity contribution is 6.40. The molecule has 4 N–H and O–H groups in total. The van der Waals surface area contributed by atoms with Crippen molar-refractivity contribution in [1.82, 2.24) is 4.90 Å². The lowest BCUT2D eigenvalue weighted by molar-refractivity contribution is -0.191. The second-order valence-corrected chi connectivity index (χ2v) is 7.28. The molecule has 1 heterocycles. The van der Waals surface area contributed by atoms with Crippen molar-refractivity contribution < 1.29 is 19.6 Å². The molecule has 0 aromatic heterocycles. The minimum atomic E-state index is -1.17. The van der Waals surface area contributed by atoms with Crippen molar-refractivity contribution in [3.05, 3.63) is 35.9 Å². The molecule has 0 amide bonds. The van der Waals surface area contributed by atoms with E-state index in [4.69, 9.17) is 25.4 Å². The number of aryl methyl sites for hydroxylation is 1. The van der Waals surface area contributed by atoms with Crippen LogP contribution >= 0.6 is 0 Å². The number of benzene rings is 1. The minimum absolute atomic E-state index is 0.250. The Morgan fingerprint density at radius 2 is 1.74 bits per heavy atom. The molecule has 0 spiro atoms. The molecule has 1 aliphatic heterocycles. The van der Waals surface area contributed by atoms with Gasteiger partial charge in [-0.15, -0.1) is 0 Å². The topological polar surface area (TPSA) is 104 Å². The van der Waals surface area contributed by atoms with Crippen LogP contribution < -0.4 is 5.73 Å². The van der Waals surface area contributed by atoms with Crippen molar-refractivity contribution in [2.75, 3.05) is 19.6 Å². The number of piperidine rings is 1. The zero-order chi connectivity index (χ0) is 19.9. The third-order valence-electron chi connectivity index (χ3n) is 5.27. The zero-order valence-corrected chi connectivity index (χ0v) is 16.1. The SMILES string of the molecule is NC(CCCCB(O)O)C1CCN(CCCc2ccccc2)CC1.O=C=O. The summed E-state index contributed by atoms with van der Waals surface area (Å²) >= 11 is 0. The van der Waals surface area contributed by atoms with Crippen LogP contribution in [0.4, 0.5) is 0 Å². The molecule has 1 aliphatic rings. The predicted octanol–water partition coefficient (Wildman–Crippen LogP) is 1.72. The number of nitrogens with zero attached hydrogens (tertiary/aromatic N) is 1. The van der Waals surface area contributed by atoms with E-state index >= 15 is 0 Å². The Balaban J connectivity index is 0.00000114. The van der Waals surface area contributed by atoms with Gasteiger partial charge in [0, 0.05) is 6.04 Å². The van der Waals surface area contributed by atoms with Crippen LogP contribution in [0.2, 0.25) is 6.32 Å². The first kappa shape index (κ1) is 23.5. The lowest BCUT2D eigenvalue weighted by Gasteiger charge is -2.34. The number of hydrogen-bond acceptors (Lipinski definition) is 6. The molecule has 150 valence electrons. The smallest absolute Gasteiger partial charge is 0.427 e. The summed E-state index contributed by atoms with van der Waals surface area (Å²) in [7, 11) is -1.17. The molecule has 1 atom stereocenters. The Morgan fingerprint density at radius 1 is 1.11 bits per heavy atom. The number of likely N-dealkylation sites (tertiary alicyclic amines) is 1. The molecule has 0 bridgehead atoms. The molecule has 1 saturated heterocycles. The normalized spacial score (nSPS) is 16.1. The van der Waals surface area contributed by atoms with E-state index in [9.17, 15) is 0 Å². The Hall–Kier alpha value is -1.50. The van der Waals surface area contributed by atoms with Crippen molar-refractivity contribution in [2.45, 2.75) is 57.3 Å². The molecule has 0 saturated carbocycles. The maximum Gasteiger partial charge on any atom is 0.451 e. The third-order valence-corrected chi connectivity index (χ3v) is 5.27. The van der Waals surface area contributed by atoms with Crippen LogP contribution in [-0.2, 0) is 16.0 Å². The molecular formula is C20H33BN2O4. The van der Waals surface area contributed by atoms with Crippen molar-refractivity contribution in [3.63, 3.8) is 0 Å². The fourth-order valence-corrected chi connectivity index (χ4v) is 3.70. The van der Waals surface area contributed by atoms with E-state index in [0.29, 0.717) is 12.2 Å². The molecule has 0 aliphatic carbocycles. The van der Waals surface area contributed by atoms with E-state index < -0.39 is 7.12 Å². The summed E-state index contributed by atoms with van der Waals surface area (Å²) in [6.07, 6.45) is 8.36. The van der Waals surface area contributed by atoms with E-state index in [1.54, 1.807) is 0 Å². The number of nitrogens with two attached hydrogens (primary N) is 1. The van der Waals surface area contributed by atoms with Crippen LogP contribution in [0.25, 0.3) is 0 Å². The summed E-state index contributed by atoms with van der Waals surface area (Å²) in [5.41, 5.74) is 7.78. The fraction of sp³-hybridized carbons (Fsp3) is 0.650. The summed E-state index contributed by atoms with van der Waals surface area (Å²) in [5, 5.41) is 17.7. The van der Waals surface area contributed by atoms with Gasteiger partial charge in [-0.2, -0.15) is 9.59 Å². The number of rotatable bonds is 10. The lowest BCUT2D eigenvalue weighted by atomic mass is 9.82. The van der Waals surface area contributed by atoms with Gasteiger partial charge < -0.3 is 20.7 Å². The third kappa shape index (κ3) is 11.1. The van der Waals surface area contributed by atoms with Gasteiger partial charge in [-0.1, -0.05) is 43.2 Å². The maximum absolute atomic E-state index is 8.86. The standard InChI is InChI=1S/C19H33BN2O2.CO2/c21-19(10-4-5-13-20(23)24)18-11-15-22(16-12-18)14-6-9-17-7-2-1-3-8-17;2-1-3/h1-3,7-8,18-19,23-24H,4-6,9-16,21H2;. The van der Waals surface area contributed by atoms with Gasteiger partial charge in [-0.3, -0.25) is 0 Å². The van der Waals surface area contributed by atoms with Gasteiger partial charge in [0.1, 0.15) is 0 Å². The highest BCUT2D eigenvalue weighted by Crippen LogP contribution is 2.23. The molecule has 27 heavy (non-hydrogen) atoms. The van der Waals surface area contributed by atoms with Gasteiger partial charge >= 0.3 is 13.3 Å². The Kier molecular flexibility index (Phi) is 12.7. The van der Waals surface area contributed by atoms with Gasteiger partial charge in [0.15, 0.2) is 0 Å². The molecular weight excluding hydrogens is 343 g/mol. The number of hydrogen-bond donors (Lipinski definition) is 3. The quantitative estimate of drug-likeness (QED) is 0.424. The average Bonchev–Trinajstić information content (AvgIpc) is 2.67. The van der Waals surface area contributed by atoms with Crippen LogP contribution in [0, 0.1) is 5.92 Å². The van der Waals surface area contributed by atoms with E-state index in [0.717, 1.165) is 25.7 Å². The fourth-order valence-electron chi connectivity index (χ4n) is 3.70. The average molecular weight is 376 g/mol. The highest BCUT2D eigenvalue weighted by Gasteiger charge is 2.23. The van der Waals surface area contributed by atoms with Gasteiger partial charge in [0.05, 0.1) is 0 Å². The van der Waals surface area contributed by atoms with Crippen LogP contribution in [-0.4, -0.2) is 53.9 Å². The summed E-state index contributed by atoms with van der Waals surface area (Å²) in [6, 6.07) is 11.0. The first-order chi connectivity index (χ1) is 13.1. The van der Waals surface area contributed by atoms with Crippen LogP contribution in [0.15, 0.2) is 30.3 Å². The molecule has 7 heteroatoms. The second-order valence-electron chi connectivity index (χ2n) is 7.28. The summed E-state index contributed by atoms with van der Waals surface area (Å²) in [4.78, 5) is 18.8. The zero-order valence-electron chi connectivity index (χ0n) is 16.1. The predicted molar refractivity (Wildman–Crippen MR) is 106 cm³/mol. The molecule has 1 aromatic rings. The Morgan fingerprint density at radius 3 is 2.33 bits per heavy atom. The van der Waals surface area contributed by atoms with Gasteiger partial charge in [0.25, 0.3) is 0 Å². The van der Waals surface area contributed by atoms with Crippen molar-refractivity contribution >= 4 is 13.3 Å². The Bertz CT molecular complexity index is 516. The van der Waals surface area contributed by atoms with E-state index in [-0.39, 0.29) is 12.2 Å². The monoisotopic (exact) mass is 376 g/mol. The van der Waals surface area contributed by atoms with Crippen LogP contribution in [0.1, 0.15) is 44.1 Å². The first-order valence-electron chi connectivity index (χ1n) is 9.94. The van der Waals surface area contributed by atoms with Gasteiger partial charge in [-0.25, -0.2) is 0 Å². The maximum atomic E-state index is 8.86. The van der Waals surface area contributed by atoms with Crippen molar-refractivity contribution in [1.29, 1.82) is 0 Å². The first-order valence-corrected chi connectivity index (χ1v) is 9.94. The molecule has 1 fully saturated rings. The van der Waals surface area contributed by atoms with E-state index in [2.05, 4.69) is 35.2 Å². The van der Waals surface area contributed by atoms with Gasteiger partial charge in [-0.05, 0) is 69.5 Å². The van der Waals surface area contributed by atoms with Gasteiger partial charge in [0.2, 0.25) is 0 Å². The molecule has 1 unspecified atom stereocenters.